The Morgan fingerprint density at radius 2 is 1.57 bits per heavy atom. The highest BCUT2D eigenvalue weighted by molar-refractivity contribution is 7.92. The lowest BCUT2D eigenvalue weighted by molar-refractivity contribution is 0.594. The van der Waals surface area contributed by atoms with Gasteiger partial charge >= 0.3 is 0 Å². The molecule has 2 N–H and O–H groups in total. The van der Waals surface area contributed by atoms with Crippen LogP contribution in [0.15, 0.2) is 53.4 Å². The van der Waals surface area contributed by atoms with Gasteiger partial charge in [-0.05, 0) is 30.3 Å². The second-order valence-corrected chi connectivity index (χ2v) is 6.89. The number of rotatable bonds is 4. The predicted octanol–water partition coefficient (Wildman–Crippen LogP) is 2.16. The number of nitrogen functional groups attached to an aromatic ring is 1. The van der Waals surface area contributed by atoms with Gasteiger partial charge in [0, 0.05) is 21.1 Å². The van der Waals surface area contributed by atoms with Gasteiger partial charge in [-0.15, -0.1) is 0 Å². The number of nitrogens with two attached hydrogens (primary N) is 1. The van der Waals surface area contributed by atoms with Crippen molar-refractivity contribution in [2.75, 3.05) is 36.1 Å². The average molecular weight is 305 g/mol. The molecule has 2 rings (SSSR count). The number of para-hydroxylation sites is 1. The highest BCUT2D eigenvalue weighted by Gasteiger charge is 2.22. The highest BCUT2D eigenvalue weighted by atomic mass is 32.2. The molecule has 112 valence electrons. The molecule has 0 saturated heterocycles. The van der Waals surface area contributed by atoms with Gasteiger partial charge in [-0.3, -0.25) is 4.31 Å². The first kappa shape index (κ1) is 15.2. The van der Waals surface area contributed by atoms with E-state index in [1.165, 1.54) is 17.4 Å². The quantitative estimate of drug-likeness (QED) is 0.879. The third-order valence-corrected chi connectivity index (χ3v) is 5.04. The fraction of sp³-hybridized carbons (Fsp3) is 0.200. The van der Waals surface area contributed by atoms with Crippen molar-refractivity contribution in [3.8, 4) is 0 Å². The van der Waals surface area contributed by atoms with Crippen molar-refractivity contribution < 1.29 is 8.42 Å². The molecule has 0 atom stereocenters. The molecule has 0 radical (unpaired) electrons. The summed E-state index contributed by atoms with van der Waals surface area (Å²) < 4.78 is 26.5. The minimum atomic E-state index is -3.62. The maximum absolute atomic E-state index is 12.6. The van der Waals surface area contributed by atoms with Crippen LogP contribution in [0, 0.1) is 0 Å². The van der Waals surface area contributed by atoms with E-state index in [4.69, 9.17) is 5.73 Å². The summed E-state index contributed by atoms with van der Waals surface area (Å²) in [4.78, 5) is 2.02. The van der Waals surface area contributed by atoms with Crippen LogP contribution in [0.5, 0.6) is 0 Å². The van der Waals surface area contributed by atoms with E-state index in [-0.39, 0.29) is 4.90 Å². The molecule has 5 nitrogen and oxygen atoms in total. The lowest BCUT2D eigenvalue weighted by Crippen LogP contribution is -2.26. The average Bonchev–Trinajstić information content (AvgIpc) is 2.46. The van der Waals surface area contributed by atoms with Gasteiger partial charge in [0.1, 0.15) is 0 Å². The Balaban J connectivity index is 2.43. The van der Waals surface area contributed by atoms with Crippen molar-refractivity contribution in [3.63, 3.8) is 0 Å². The summed E-state index contributed by atoms with van der Waals surface area (Å²) in [5, 5.41) is 0. The van der Waals surface area contributed by atoms with Crippen molar-refractivity contribution in [2.45, 2.75) is 4.90 Å². The van der Waals surface area contributed by atoms with Crippen LogP contribution in [0.25, 0.3) is 0 Å². The lowest BCUT2D eigenvalue weighted by Gasteiger charge is -2.21. The van der Waals surface area contributed by atoms with Gasteiger partial charge in [0.2, 0.25) is 0 Å². The van der Waals surface area contributed by atoms with Crippen molar-refractivity contribution in [2.24, 2.45) is 0 Å². The SMILES string of the molecule is CN(C)c1ccc(S(=O)(=O)N(C)c2ccccc2)cc1N. The molecule has 0 amide bonds. The molecule has 0 spiro atoms. The fourth-order valence-corrected chi connectivity index (χ4v) is 3.27. The summed E-state index contributed by atoms with van der Waals surface area (Å²) in [6.45, 7) is 0. The summed E-state index contributed by atoms with van der Waals surface area (Å²) in [7, 11) is 1.62. The molecule has 0 fully saturated rings. The Kier molecular flexibility index (Phi) is 4.09. The van der Waals surface area contributed by atoms with E-state index in [9.17, 15) is 8.42 Å². The van der Waals surface area contributed by atoms with Crippen molar-refractivity contribution in [3.05, 3.63) is 48.5 Å². The first-order valence-corrected chi connectivity index (χ1v) is 7.89. The zero-order chi connectivity index (χ0) is 15.6. The molecule has 0 aliphatic rings. The standard InChI is InChI=1S/C15H19N3O2S/c1-17(2)15-10-9-13(11-14(15)16)21(19,20)18(3)12-7-5-4-6-8-12/h4-11H,16H2,1-3H3. The molecule has 2 aromatic carbocycles. The molecule has 0 aliphatic carbocycles. The summed E-state index contributed by atoms with van der Waals surface area (Å²) >= 11 is 0. The van der Waals surface area contributed by atoms with Crippen molar-refractivity contribution in [1.82, 2.24) is 0 Å². The van der Waals surface area contributed by atoms with Crippen molar-refractivity contribution >= 4 is 27.1 Å². The minimum Gasteiger partial charge on any atom is -0.397 e. The summed E-state index contributed by atoms with van der Waals surface area (Å²) in [5.41, 5.74) is 7.76. The maximum atomic E-state index is 12.6. The number of benzene rings is 2. The van der Waals surface area contributed by atoms with Crippen molar-refractivity contribution in [1.29, 1.82) is 0 Å². The molecule has 0 aliphatic heterocycles. The van der Waals surface area contributed by atoms with Gasteiger partial charge in [0.15, 0.2) is 0 Å². The van der Waals surface area contributed by atoms with Crippen LogP contribution in [0.3, 0.4) is 0 Å². The third-order valence-electron chi connectivity index (χ3n) is 3.26. The van der Waals surface area contributed by atoms with E-state index in [2.05, 4.69) is 0 Å². The van der Waals surface area contributed by atoms with Gasteiger partial charge in [0.25, 0.3) is 10.0 Å². The van der Waals surface area contributed by atoms with E-state index in [0.29, 0.717) is 11.4 Å². The Bertz CT molecular complexity index is 728. The van der Waals surface area contributed by atoms with E-state index in [1.807, 2.05) is 25.1 Å². The summed E-state index contributed by atoms with van der Waals surface area (Å²) in [6, 6.07) is 13.7. The molecular formula is C15H19N3O2S. The van der Waals surface area contributed by atoms with Crippen LogP contribution < -0.4 is 14.9 Å². The Morgan fingerprint density at radius 3 is 2.10 bits per heavy atom. The number of anilines is 3. The molecule has 0 saturated carbocycles. The topological polar surface area (TPSA) is 66.6 Å². The van der Waals surface area contributed by atoms with Crippen LogP contribution in [-0.2, 0) is 10.0 Å². The van der Waals surface area contributed by atoms with Crippen LogP contribution in [0.1, 0.15) is 0 Å². The third kappa shape index (κ3) is 2.95. The van der Waals surface area contributed by atoms with Crippen LogP contribution in [0.2, 0.25) is 0 Å². The Hall–Kier alpha value is -2.21. The Labute approximate surface area is 125 Å². The molecule has 6 heteroatoms. The normalized spacial score (nSPS) is 11.2. The zero-order valence-corrected chi connectivity index (χ0v) is 13.1. The maximum Gasteiger partial charge on any atom is 0.264 e. The number of nitrogens with zero attached hydrogens (tertiary/aromatic N) is 2. The number of hydrogen-bond donors (Lipinski definition) is 1. The number of sulfonamides is 1. The molecular weight excluding hydrogens is 286 g/mol. The van der Waals surface area contributed by atoms with E-state index < -0.39 is 10.0 Å². The molecule has 2 aromatic rings. The van der Waals surface area contributed by atoms with Gasteiger partial charge in [0.05, 0.1) is 22.0 Å². The lowest BCUT2D eigenvalue weighted by atomic mass is 10.2. The second-order valence-electron chi connectivity index (χ2n) is 4.92. The predicted molar refractivity (Wildman–Crippen MR) is 87.2 cm³/mol. The van der Waals surface area contributed by atoms with Gasteiger partial charge in [-0.25, -0.2) is 8.42 Å². The van der Waals surface area contributed by atoms with Gasteiger partial charge in [-0.2, -0.15) is 0 Å². The minimum absolute atomic E-state index is 0.178. The monoisotopic (exact) mass is 305 g/mol. The van der Waals surface area contributed by atoms with E-state index in [0.717, 1.165) is 5.69 Å². The largest absolute Gasteiger partial charge is 0.397 e. The number of hydrogen-bond acceptors (Lipinski definition) is 4. The van der Waals surface area contributed by atoms with Gasteiger partial charge < -0.3 is 10.6 Å². The van der Waals surface area contributed by atoms with E-state index in [1.54, 1.807) is 36.4 Å². The smallest absolute Gasteiger partial charge is 0.264 e. The van der Waals surface area contributed by atoms with Crippen LogP contribution in [0.4, 0.5) is 17.1 Å². The molecule has 0 aromatic heterocycles. The molecule has 21 heavy (non-hydrogen) atoms. The Morgan fingerprint density at radius 1 is 0.952 bits per heavy atom. The summed E-state index contributed by atoms with van der Waals surface area (Å²) in [5.74, 6) is 0. The highest BCUT2D eigenvalue weighted by Crippen LogP contribution is 2.27. The second kappa shape index (κ2) is 5.65. The zero-order valence-electron chi connectivity index (χ0n) is 12.3. The molecule has 0 heterocycles. The van der Waals surface area contributed by atoms with E-state index >= 15 is 0 Å². The van der Waals surface area contributed by atoms with Gasteiger partial charge in [-0.1, -0.05) is 18.2 Å². The fourth-order valence-electron chi connectivity index (χ4n) is 2.04. The molecule has 0 bridgehead atoms. The van der Waals surface area contributed by atoms with Crippen LogP contribution in [-0.4, -0.2) is 29.6 Å². The summed E-state index contributed by atoms with van der Waals surface area (Å²) in [6.07, 6.45) is 0. The van der Waals surface area contributed by atoms with Crippen LogP contribution >= 0.6 is 0 Å². The first-order chi connectivity index (χ1) is 9.84. The molecule has 0 unspecified atom stereocenters. The first-order valence-electron chi connectivity index (χ1n) is 6.45.